The van der Waals surface area contributed by atoms with Crippen molar-refractivity contribution in [2.45, 2.75) is 31.7 Å². The highest BCUT2D eigenvalue weighted by molar-refractivity contribution is 5.80. The van der Waals surface area contributed by atoms with Crippen LogP contribution in [-0.2, 0) is 14.3 Å². The van der Waals surface area contributed by atoms with Gasteiger partial charge in [-0.1, -0.05) is 24.3 Å². The van der Waals surface area contributed by atoms with Gasteiger partial charge in [0.2, 0.25) is 5.91 Å². The van der Waals surface area contributed by atoms with Crippen molar-refractivity contribution in [3.05, 3.63) is 47.8 Å². The van der Waals surface area contributed by atoms with E-state index in [4.69, 9.17) is 0 Å². The molecule has 1 aliphatic carbocycles. The normalized spacial score (nSPS) is 18.5. The molecule has 1 aliphatic rings. The molecule has 0 saturated carbocycles. The molecular weight excluding hydrogens is 285 g/mol. The van der Waals surface area contributed by atoms with Gasteiger partial charge in [0, 0.05) is 5.92 Å². The van der Waals surface area contributed by atoms with Crippen molar-refractivity contribution >= 4 is 11.9 Å². The Morgan fingerprint density at radius 1 is 1.32 bits per heavy atom. The maximum atomic E-state index is 13.0. The number of carbonyl (C=O) groups excluding carboxylic acids is 2. The van der Waals surface area contributed by atoms with Gasteiger partial charge in [-0.15, -0.1) is 0 Å². The van der Waals surface area contributed by atoms with Gasteiger partial charge < -0.3 is 10.1 Å². The lowest BCUT2D eigenvalue weighted by atomic mass is 9.92. The Kier molecular flexibility index (Phi) is 5.69. The summed E-state index contributed by atoms with van der Waals surface area (Å²) in [6.45, 7) is 0. The van der Waals surface area contributed by atoms with E-state index >= 15 is 0 Å². The number of allylic oxidation sites excluding steroid dienone is 2. The molecule has 0 aliphatic heterocycles. The first-order valence-corrected chi connectivity index (χ1v) is 7.38. The summed E-state index contributed by atoms with van der Waals surface area (Å²) >= 11 is 0. The van der Waals surface area contributed by atoms with E-state index in [-0.39, 0.29) is 24.1 Å². The van der Waals surface area contributed by atoms with Crippen LogP contribution in [0.1, 0.15) is 37.3 Å². The van der Waals surface area contributed by atoms with Crippen molar-refractivity contribution < 1.29 is 18.7 Å². The van der Waals surface area contributed by atoms with Gasteiger partial charge in [0.05, 0.1) is 19.6 Å². The van der Waals surface area contributed by atoms with E-state index in [1.54, 1.807) is 12.1 Å². The van der Waals surface area contributed by atoms with Gasteiger partial charge in [-0.05, 0) is 37.0 Å². The molecule has 2 rings (SSSR count). The Labute approximate surface area is 129 Å². The molecule has 5 heteroatoms. The highest BCUT2D eigenvalue weighted by Crippen LogP contribution is 2.22. The molecule has 1 aromatic rings. The molecule has 2 atom stereocenters. The fraction of sp³-hybridized carbons (Fsp3) is 0.412. The largest absolute Gasteiger partial charge is 0.469 e. The fourth-order valence-electron chi connectivity index (χ4n) is 2.52. The van der Waals surface area contributed by atoms with Gasteiger partial charge >= 0.3 is 5.97 Å². The quantitative estimate of drug-likeness (QED) is 0.672. The summed E-state index contributed by atoms with van der Waals surface area (Å²) in [5, 5.41) is 2.89. The van der Waals surface area contributed by atoms with Crippen LogP contribution in [0.5, 0.6) is 0 Å². The SMILES string of the molecule is COC(=O)C[C@@H](NC(=O)[C@@H]1CC=CCC1)c1ccc(F)cc1. The Morgan fingerprint density at radius 3 is 2.64 bits per heavy atom. The molecule has 0 aromatic heterocycles. The zero-order valence-corrected chi connectivity index (χ0v) is 12.5. The van der Waals surface area contributed by atoms with Gasteiger partial charge in [-0.3, -0.25) is 9.59 Å². The van der Waals surface area contributed by atoms with E-state index < -0.39 is 12.0 Å². The van der Waals surface area contributed by atoms with E-state index in [2.05, 4.69) is 16.1 Å². The molecule has 0 heterocycles. The minimum absolute atomic E-state index is 0.0242. The molecule has 1 amide bonds. The van der Waals surface area contributed by atoms with Crippen molar-refractivity contribution in [2.75, 3.05) is 7.11 Å². The number of benzene rings is 1. The molecule has 1 aromatic carbocycles. The van der Waals surface area contributed by atoms with Crippen molar-refractivity contribution in [1.29, 1.82) is 0 Å². The molecule has 0 fully saturated rings. The summed E-state index contributed by atoms with van der Waals surface area (Å²) in [6.07, 6.45) is 6.49. The van der Waals surface area contributed by atoms with Crippen LogP contribution in [0.4, 0.5) is 4.39 Å². The second kappa shape index (κ2) is 7.73. The molecule has 118 valence electrons. The topological polar surface area (TPSA) is 55.4 Å². The summed E-state index contributed by atoms with van der Waals surface area (Å²) in [4.78, 5) is 23.9. The summed E-state index contributed by atoms with van der Waals surface area (Å²) in [5.41, 5.74) is 0.687. The number of nitrogens with one attached hydrogen (secondary N) is 1. The van der Waals surface area contributed by atoms with E-state index in [1.807, 2.05) is 6.08 Å². The van der Waals surface area contributed by atoms with Crippen LogP contribution in [0.2, 0.25) is 0 Å². The summed E-state index contributed by atoms with van der Waals surface area (Å²) in [7, 11) is 1.30. The Bertz CT molecular complexity index is 554. The van der Waals surface area contributed by atoms with Crippen molar-refractivity contribution in [3.63, 3.8) is 0 Å². The van der Waals surface area contributed by atoms with Crippen LogP contribution >= 0.6 is 0 Å². The molecule has 1 N–H and O–H groups in total. The number of amides is 1. The summed E-state index contributed by atoms with van der Waals surface area (Å²) in [5.74, 6) is -0.935. The predicted octanol–water partition coefficient (Wildman–Crippen LogP) is 2.90. The van der Waals surface area contributed by atoms with E-state index in [1.165, 1.54) is 19.2 Å². The summed E-state index contributed by atoms with van der Waals surface area (Å²) in [6, 6.07) is 5.27. The third-order valence-electron chi connectivity index (χ3n) is 3.83. The van der Waals surface area contributed by atoms with Crippen LogP contribution in [-0.4, -0.2) is 19.0 Å². The van der Waals surface area contributed by atoms with Crippen molar-refractivity contribution in [2.24, 2.45) is 5.92 Å². The van der Waals surface area contributed by atoms with Crippen LogP contribution in [0.25, 0.3) is 0 Å². The number of carbonyl (C=O) groups is 2. The average Bonchev–Trinajstić information content (AvgIpc) is 2.55. The smallest absolute Gasteiger partial charge is 0.307 e. The van der Waals surface area contributed by atoms with Gasteiger partial charge in [-0.2, -0.15) is 0 Å². The highest BCUT2D eigenvalue weighted by Gasteiger charge is 2.24. The second-order valence-corrected chi connectivity index (χ2v) is 5.37. The Hall–Kier alpha value is -2.17. The first-order chi connectivity index (χ1) is 10.6. The standard InChI is InChI=1S/C17H20FNO3/c1-22-16(20)11-15(12-7-9-14(18)10-8-12)19-17(21)13-5-3-2-4-6-13/h2-3,7-10,13,15H,4-6,11H2,1H3,(H,19,21)/t13-,15-/m1/s1. The van der Waals surface area contributed by atoms with Crippen LogP contribution in [0.15, 0.2) is 36.4 Å². The number of hydrogen-bond acceptors (Lipinski definition) is 3. The Morgan fingerprint density at radius 2 is 2.05 bits per heavy atom. The van der Waals surface area contributed by atoms with E-state index in [0.29, 0.717) is 12.0 Å². The van der Waals surface area contributed by atoms with Crippen LogP contribution < -0.4 is 5.32 Å². The van der Waals surface area contributed by atoms with Crippen LogP contribution in [0, 0.1) is 11.7 Å². The zero-order chi connectivity index (χ0) is 15.9. The fourth-order valence-corrected chi connectivity index (χ4v) is 2.52. The number of rotatable bonds is 5. The summed E-state index contributed by atoms with van der Waals surface area (Å²) < 4.78 is 17.7. The van der Waals surface area contributed by atoms with Gasteiger partial charge in [0.15, 0.2) is 0 Å². The third-order valence-corrected chi connectivity index (χ3v) is 3.83. The molecule has 4 nitrogen and oxygen atoms in total. The number of esters is 1. The maximum Gasteiger partial charge on any atom is 0.307 e. The number of hydrogen-bond donors (Lipinski definition) is 1. The first kappa shape index (κ1) is 16.2. The van der Waals surface area contributed by atoms with Gasteiger partial charge in [-0.25, -0.2) is 4.39 Å². The first-order valence-electron chi connectivity index (χ1n) is 7.38. The Balaban J connectivity index is 2.09. The number of ether oxygens (including phenoxy) is 1. The lowest BCUT2D eigenvalue weighted by molar-refractivity contribution is -0.141. The number of halogens is 1. The van der Waals surface area contributed by atoms with E-state index in [9.17, 15) is 14.0 Å². The monoisotopic (exact) mass is 305 g/mol. The minimum atomic E-state index is -0.508. The predicted molar refractivity (Wildman–Crippen MR) is 80.4 cm³/mol. The van der Waals surface area contributed by atoms with Crippen LogP contribution in [0.3, 0.4) is 0 Å². The average molecular weight is 305 g/mol. The van der Waals surface area contributed by atoms with Gasteiger partial charge in [0.1, 0.15) is 5.82 Å². The molecule has 0 unspecified atom stereocenters. The second-order valence-electron chi connectivity index (χ2n) is 5.37. The molecule has 22 heavy (non-hydrogen) atoms. The lowest BCUT2D eigenvalue weighted by Crippen LogP contribution is -2.35. The molecule has 0 spiro atoms. The zero-order valence-electron chi connectivity index (χ0n) is 12.5. The molecule has 0 saturated heterocycles. The molecular formula is C17H20FNO3. The number of methoxy groups -OCH3 is 1. The molecule has 0 bridgehead atoms. The van der Waals surface area contributed by atoms with Crippen molar-refractivity contribution in [3.8, 4) is 0 Å². The van der Waals surface area contributed by atoms with Gasteiger partial charge in [0.25, 0.3) is 0 Å². The maximum absolute atomic E-state index is 13.0. The highest BCUT2D eigenvalue weighted by atomic mass is 19.1. The van der Waals surface area contributed by atoms with Crippen molar-refractivity contribution in [1.82, 2.24) is 5.32 Å². The minimum Gasteiger partial charge on any atom is -0.469 e. The lowest BCUT2D eigenvalue weighted by Gasteiger charge is -2.23. The van der Waals surface area contributed by atoms with E-state index in [0.717, 1.165) is 12.8 Å². The molecule has 0 radical (unpaired) electrons. The third kappa shape index (κ3) is 4.41.